The van der Waals surface area contributed by atoms with Gasteiger partial charge in [0.1, 0.15) is 5.75 Å². The van der Waals surface area contributed by atoms with Crippen LogP contribution < -0.4 is 15.6 Å². The fourth-order valence-electron chi connectivity index (χ4n) is 5.17. The molecule has 1 aliphatic rings. The number of hydrogen-bond donors (Lipinski definition) is 1. The molecular weight excluding hydrogens is 532 g/mol. The van der Waals surface area contributed by atoms with Crippen LogP contribution in [0.4, 0.5) is 11.4 Å². The molecular formula is C33H34N4O5. The summed E-state index contributed by atoms with van der Waals surface area (Å²) in [5, 5.41) is 7.57. The van der Waals surface area contributed by atoms with Crippen LogP contribution in [0.5, 0.6) is 11.5 Å². The number of carbonyl (C=O) groups is 2. The SMILES string of the molecule is CCOC(=O)[C@@H]1CCCN(C(=O)c2cccc(Nc3c(Oc4cc(C)cc(C)c4)cnn(-c4ccccc4)c3=O)c2)C1. The van der Waals surface area contributed by atoms with Crippen LogP contribution in [0.1, 0.15) is 41.3 Å². The molecule has 1 fully saturated rings. The Bertz CT molecular complexity index is 1630. The van der Waals surface area contributed by atoms with Crippen molar-refractivity contribution in [3.63, 3.8) is 0 Å². The Morgan fingerprint density at radius 2 is 1.76 bits per heavy atom. The van der Waals surface area contributed by atoms with Crippen molar-refractivity contribution >= 4 is 23.3 Å². The van der Waals surface area contributed by atoms with E-state index in [4.69, 9.17) is 9.47 Å². The third-order valence-corrected chi connectivity index (χ3v) is 7.07. The van der Waals surface area contributed by atoms with Crippen molar-refractivity contribution in [2.24, 2.45) is 5.92 Å². The van der Waals surface area contributed by atoms with Gasteiger partial charge in [-0.1, -0.05) is 30.3 Å². The summed E-state index contributed by atoms with van der Waals surface area (Å²) in [5.74, 6) is 0.0497. The number of aryl methyl sites for hydroxylation is 2. The number of ether oxygens (including phenoxy) is 2. The molecule has 5 rings (SSSR count). The van der Waals surface area contributed by atoms with Gasteiger partial charge in [-0.2, -0.15) is 9.78 Å². The average Bonchev–Trinajstić information content (AvgIpc) is 2.99. The molecule has 1 aliphatic heterocycles. The van der Waals surface area contributed by atoms with E-state index < -0.39 is 5.56 Å². The Balaban J connectivity index is 1.46. The van der Waals surface area contributed by atoms with Crippen LogP contribution in [0.15, 0.2) is 83.8 Å². The molecule has 216 valence electrons. The number of anilines is 2. The van der Waals surface area contributed by atoms with Gasteiger partial charge < -0.3 is 19.7 Å². The summed E-state index contributed by atoms with van der Waals surface area (Å²) in [6.07, 6.45) is 2.93. The quantitative estimate of drug-likeness (QED) is 0.269. The maximum absolute atomic E-state index is 13.8. The Hall–Kier alpha value is -4.92. The molecule has 0 spiro atoms. The maximum atomic E-state index is 13.8. The molecule has 4 aromatic rings. The lowest BCUT2D eigenvalue weighted by atomic mass is 9.97. The van der Waals surface area contributed by atoms with Gasteiger partial charge in [0.05, 0.1) is 24.4 Å². The summed E-state index contributed by atoms with van der Waals surface area (Å²) in [6.45, 7) is 6.92. The lowest BCUT2D eigenvalue weighted by Gasteiger charge is -2.31. The first-order valence-electron chi connectivity index (χ1n) is 14.1. The third-order valence-electron chi connectivity index (χ3n) is 7.07. The van der Waals surface area contributed by atoms with Crippen molar-refractivity contribution in [3.05, 3.63) is 106 Å². The van der Waals surface area contributed by atoms with Crippen molar-refractivity contribution in [2.75, 3.05) is 25.0 Å². The number of rotatable bonds is 8. The second kappa shape index (κ2) is 12.7. The Morgan fingerprint density at radius 1 is 1.00 bits per heavy atom. The zero-order valence-corrected chi connectivity index (χ0v) is 24.0. The lowest BCUT2D eigenvalue weighted by Crippen LogP contribution is -2.42. The predicted molar refractivity (Wildman–Crippen MR) is 161 cm³/mol. The van der Waals surface area contributed by atoms with Gasteiger partial charge >= 0.3 is 5.97 Å². The molecule has 1 atom stereocenters. The van der Waals surface area contributed by atoms with E-state index in [0.29, 0.717) is 48.8 Å². The van der Waals surface area contributed by atoms with Crippen molar-refractivity contribution in [1.29, 1.82) is 0 Å². The van der Waals surface area contributed by atoms with E-state index in [0.717, 1.165) is 17.5 Å². The molecule has 0 bridgehead atoms. The van der Waals surface area contributed by atoms with Crippen LogP contribution in [0.3, 0.4) is 0 Å². The largest absolute Gasteiger partial charge is 0.466 e. The van der Waals surface area contributed by atoms with E-state index >= 15 is 0 Å². The normalized spacial score (nSPS) is 14.7. The molecule has 2 heterocycles. The van der Waals surface area contributed by atoms with Gasteiger partial charge in [0.25, 0.3) is 11.5 Å². The van der Waals surface area contributed by atoms with Crippen molar-refractivity contribution in [1.82, 2.24) is 14.7 Å². The number of para-hydroxylation sites is 1. The monoisotopic (exact) mass is 566 g/mol. The van der Waals surface area contributed by atoms with Gasteiger partial charge in [0.15, 0.2) is 11.4 Å². The van der Waals surface area contributed by atoms with E-state index in [1.54, 1.807) is 48.2 Å². The highest BCUT2D eigenvalue weighted by Crippen LogP contribution is 2.30. The van der Waals surface area contributed by atoms with E-state index in [2.05, 4.69) is 10.4 Å². The zero-order chi connectivity index (χ0) is 29.6. The molecule has 0 radical (unpaired) electrons. The van der Waals surface area contributed by atoms with E-state index in [9.17, 15) is 14.4 Å². The van der Waals surface area contributed by atoms with Gasteiger partial charge in [-0.3, -0.25) is 14.4 Å². The number of aromatic nitrogens is 2. The number of benzene rings is 3. The third kappa shape index (κ3) is 6.52. The van der Waals surface area contributed by atoms with Crippen LogP contribution >= 0.6 is 0 Å². The molecule has 0 saturated carbocycles. The fraction of sp³-hybridized carbons (Fsp3) is 0.273. The fourth-order valence-corrected chi connectivity index (χ4v) is 5.17. The highest BCUT2D eigenvalue weighted by molar-refractivity contribution is 5.95. The summed E-state index contributed by atoms with van der Waals surface area (Å²) in [7, 11) is 0. The molecule has 9 heteroatoms. The van der Waals surface area contributed by atoms with Crippen LogP contribution in [-0.2, 0) is 9.53 Å². The number of esters is 1. The van der Waals surface area contributed by atoms with Crippen LogP contribution in [-0.4, -0.2) is 46.3 Å². The maximum Gasteiger partial charge on any atom is 0.310 e. The molecule has 42 heavy (non-hydrogen) atoms. The zero-order valence-electron chi connectivity index (χ0n) is 24.0. The van der Waals surface area contributed by atoms with Gasteiger partial charge in [-0.25, -0.2) is 0 Å². The summed E-state index contributed by atoms with van der Waals surface area (Å²) in [4.78, 5) is 41.2. The van der Waals surface area contributed by atoms with Gasteiger partial charge in [-0.15, -0.1) is 0 Å². The Morgan fingerprint density at radius 3 is 2.50 bits per heavy atom. The predicted octanol–water partition coefficient (Wildman–Crippen LogP) is 5.80. The number of hydrogen-bond acceptors (Lipinski definition) is 7. The summed E-state index contributed by atoms with van der Waals surface area (Å²) >= 11 is 0. The molecule has 1 amide bonds. The number of piperidine rings is 1. The van der Waals surface area contributed by atoms with E-state index in [1.165, 1.54) is 10.9 Å². The molecule has 1 aromatic heterocycles. The molecule has 3 aromatic carbocycles. The van der Waals surface area contributed by atoms with Crippen LogP contribution in [0, 0.1) is 19.8 Å². The standard InChI is InChI=1S/C33H34N4O5/c1-4-41-33(40)25-11-9-15-36(21-25)31(38)24-10-8-12-26(19-24)35-30-29(42-28-17-22(2)16-23(3)18-28)20-34-37(32(30)39)27-13-6-5-7-14-27/h5-8,10,12-14,16-20,25,35H,4,9,11,15,21H2,1-3H3/t25-/m1/s1. The van der Waals surface area contributed by atoms with Crippen molar-refractivity contribution < 1.29 is 19.1 Å². The number of carbonyl (C=O) groups excluding carboxylic acids is 2. The minimum atomic E-state index is -0.409. The molecule has 0 unspecified atom stereocenters. The van der Waals surface area contributed by atoms with E-state index in [1.807, 2.05) is 50.2 Å². The van der Waals surface area contributed by atoms with Crippen LogP contribution in [0.25, 0.3) is 5.69 Å². The first-order valence-corrected chi connectivity index (χ1v) is 14.1. The summed E-state index contributed by atoms with van der Waals surface area (Å²) in [6, 6.07) is 21.9. The molecule has 1 N–H and O–H groups in total. The topological polar surface area (TPSA) is 103 Å². The van der Waals surface area contributed by atoms with Gasteiger partial charge in [-0.05, 0) is 87.2 Å². The minimum Gasteiger partial charge on any atom is -0.466 e. The number of nitrogens with one attached hydrogen (secondary N) is 1. The lowest BCUT2D eigenvalue weighted by molar-refractivity contribution is -0.149. The molecule has 1 saturated heterocycles. The summed E-state index contributed by atoms with van der Waals surface area (Å²) in [5.41, 5.74) is 3.41. The van der Waals surface area contributed by atoms with Gasteiger partial charge in [0, 0.05) is 24.3 Å². The summed E-state index contributed by atoms with van der Waals surface area (Å²) < 4.78 is 12.7. The second-order valence-corrected chi connectivity index (χ2v) is 10.4. The number of nitrogens with zero attached hydrogens (tertiary/aromatic N) is 3. The average molecular weight is 567 g/mol. The second-order valence-electron chi connectivity index (χ2n) is 10.4. The van der Waals surface area contributed by atoms with Crippen molar-refractivity contribution in [2.45, 2.75) is 33.6 Å². The smallest absolute Gasteiger partial charge is 0.310 e. The first-order chi connectivity index (χ1) is 20.3. The number of amides is 1. The molecule has 9 nitrogen and oxygen atoms in total. The van der Waals surface area contributed by atoms with Gasteiger partial charge in [0.2, 0.25) is 0 Å². The number of likely N-dealkylation sites (tertiary alicyclic amines) is 1. The Labute approximate surface area is 244 Å². The Kier molecular flexibility index (Phi) is 8.66. The van der Waals surface area contributed by atoms with E-state index in [-0.39, 0.29) is 29.2 Å². The van der Waals surface area contributed by atoms with Crippen LogP contribution in [0.2, 0.25) is 0 Å². The highest BCUT2D eigenvalue weighted by atomic mass is 16.5. The highest BCUT2D eigenvalue weighted by Gasteiger charge is 2.30. The molecule has 0 aliphatic carbocycles. The first kappa shape index (κ1) is 28.6. The minimum absolute atomic E-state index is 0.179. The van der Waals surface area contributed by atoms with Crippen molar-refractivity contribution in [3.8, 4) is 17.2 Å².